The largest absolute Gasteiger partial charge is 0.462 e. The minimum absolute atomic E-state index is 0.0638. The molecular weight excluding hydrogens is 973 g/mol. The first-order chi connectivity index (χ1) is 39.0. The predicted molar refractivity (Wildman–Crippen MR) is 344 cm³/mol. The third-order valence-corrected chi connectivity index (χ3v) is 16.5. The lowest BCUT2D eigenvalue weighted by molar-refractivity contribution is -0.167. The predicted octanol–water partition coefficient (Wildman–Crippen LogP) is 24.6. The molecular formula is C73H138O6. The van der Waals surface area contributed by atoms with Gasteiger partial charge in [-0.1, -0.05) is 360 Å². The molecule has 6 heteroatoms. The molecule has 466 valence electrons. The van der Waals surface area contributed by atoms with Crippen LogP contribution in [0.15, 0.2) is 24.3 Å². The van der Waals surface area contributed by atoms with Crippen LogP contribution in [-0.4, -0.2) is 37.2 Å². The average Bonchev–Trinajstić information content (AvgIpc) is 3.45. The van der Waals surface area contributed by atoms with Crippen molar-refractivity contribution >= 4 is 17.9 Å². The lowest BCUT2D eigenvalue weighted by Gasteiger charge is -2.18. The van der Waals surface area contributed by atoms with Crippen molar-refractivity contribution < 1.29 is 28.6 Å². The SMILES string of the molecule is CCCCCCC/C=C\C/C=C\CCCCCCCCCCCCCCCCCCCCCCCCCC(=O)OCC(COC(=O)CCCCCCCC)OC(=O)CCCCCCCCCCCCCCCCCCCCCC. The standard InChI is InChI=1S/C73H138O6/c1-4-7-10-13-16-18-20-22-24-26-28-30-31-32-33-34-35-36-37-38-39-40-41-42-43-44-46-47-49-51-53-55-57-60-63-66-72(75)78-69-70(68-77-71(74)65-62-59-15-12-9-6-3)79-73(76)67-64-61-58-56-54-52-50-48-45-29-27-25-23-21-19-17-14-11-8-5-2/h20,22,26,28,70H,4-19,21,23-25,27,29-69H2,1-3H3/b22-20-,28-26-. The summed E-state index contributed by atoms with van der Waals surface area (Å²) in [4.78, 5) is 38.1. The highest BCUT2D eigenvalue weighted by Crippen LogP contribution is 2.19. The smallest absolute Gasteiger partial charge is 0.306 e. The molecule has 0 aromatic rings. The number of hydrogen-bond donors (Lipinski definition) is 0. The fraction of sp³-hybridized carbons (Fsp3) is 0.904. The Morgan fingerprint density at radius 1 is 0.253 bits per heavy atom. The maximum Gasteiger partial charge on any atom is 0.306 e. The third-order valence-electron chi connectivity index (χ3n) is 16.5. The van der Waals surface area contributed by atoms with Crippen molar-refractivity contribution in [2.75, 3.05) is 13.2 Å². The Labute approximate surface area is 493 Å². The summed E-state index contributed by atoms with van der Waals surface area (Å²) in [5, 5.41) is 0. The van der Waals surface area contributed by atoms with E-state index in [1.54, 1.807) is 0 Å². The van der Waals surface area contributed by atoms with E-state index < -0.39 is 6.10 Å². The van der Waals surface area contributed by atoms with E-state index in [1.165, 1.54) is 302 Å². The first-order valence-corrected chi connectivity index (χ1v) is 35.8. The number of allylic oxidation sites excluding steroid dienone is 4. The molecule has 0 aliphatic heterocycles. The summed E-state index contributed by atoms with van der Waals surface area (Å²) in [6, 6.07) is 0. The molecule has 0 saturated heterocycles. The fourth-order valence-corrected chi connectivity index (χ4v) is 11.1. The molecule has 79 heavy (non-hydrogen) atoms. The van der Waals surface area contributed by atoms with Crippen molar-refractivity contribution in [2.24, 2.45) is 0 Å². The van der Waals surface area contributed by atoms with Crippen LogP contribution < -0.4 is 0 Å². The Kier molecular flexibility index (Phi) is 66.6. The Bertz CT molecular complexity index is 1270. The van der Waals surface area contributed by atoms with E-state index in [-0.39, 0.29) is 31.1 Å². The molecule has 0 bridgehead atoms. The van der Waals surface area contributed by atoms with Gasteiger partial charge in [0.05, 0.1) is 0 Å². The lowest BCUT2D eigenvalue weighted by atomic mass is 10.0. The monoisotopic (exact) mass is 1110 g/mol. The van der Waals surface area contributed by atoms with Crippen LogP contribution >= 0.6 is 0 Å². The zero-order valence-corrected chi connectivity index (χ0v) is 53.7. The van der Waals surface area contributed by atoms with Crippen LogP contribution in [0, 0.1) is 0 Å². The number of carbonyl (C=O) groups is 3. The van der Waals surface area contributed by atoms with Crippen molar-refractivity contribution in [3.05, 3.63) is 24.3 Å². The van der Waals surface area contributed by atoms with E-state index in [9.17, 15) is 14.4 Å². The molecule has 1 unspecified atom stereocenters. The minimum Gasteiger partial charge on any atom is -0.462 e. The molecule has 0 rings (SSSR count). The van der Waals surface area contributed by atoms with Crippen LogP contribution in [0.5, 0.6) is 0 Å². The van der Waals surface area contributed by atoms with Crippen LogP contribution in [0.2, 0.25) is 0 Å². The topological polar surface area (TPSA) is 78.9 Å². The first-order valence-electron chi connectivity index (χ1n) is 35.8. The van der Waals surface area contributed by atoms with E-state index in [0.717, 1.165) is 64.2 Å². The molecule has 1 atom stereocenters. The highest BCUT2D eigenvalue weighted by atomic mass is 16.6. The van der Waals surface area contributed by atoms with Crippen molar-refractivity contribution in [3.63, 3.8) is 0 Å². The normalized spacial score (nSPS) is 12.1. The van der Waals surface area contributed by atoms with E-state index in [4.69, 9.17) is 14.2 Å². The van der Waals surface area contributed by atoms with Gasteiger partial charge < -0.3 is 14.2 Å². The number of hydrogen-bond acceptors (Lipinski definition) is 6. The molecule has 0 aromatic carbocycles. The van der Waals surface area contributed by atoms with E-state index in [2.05, 4.69) is 45.1 Å². The van der Waals surface area contributed by atoms with Crippen molar-refractivity contribution in [1.82, 2.24) is 0 Å². The van der Waals surface area contributed by atoms with Gasteiger partial charge in [-0.3, -0.25) is 14.4 Å². The molecule has 0 spiro atoms. The van der Waals surface area contributed by atoms with Crippen LogP contribution in [0.1, 0.15) is 406 Å². The molecule has 0 amide bonds. The van der Waals surface area contributed by atoms with Crippen LogP contribution in [0.4, 0.5) is 0 Å². The van der Waals surface area contributed by atoms with Crippen LogP contribution in [0.3, 0.4) is 0 Å². The average molecular weight is 1110 g/mol. The Morgan fingerprint density at radius 3 is 0.696 bits per heavy atom. The van der Waals surface area contributed by atoms with Gasteiger partial charge in [0.25, 0.3) is 0 Å². The highest BCUT2D eigenvalue weighted by Gasteiger charge is 2.19. The summed E-state index contributed by atoms with van der Waals surface area (Å²) in [7, 11) is 0. The highest BCUT2D eigenvalue weighted by molar-refractivity contribution is 5.71. The second-order valence-electron chi connectivity index (χ2n) is 24.5. The van der Waals surface area contributed by atoms with Crippen molar-refractivity contribution in [1.29, 1.82) is 0 Å². The van der Waals surface area contributed by atoms with Crippen LogP contribution in [-0.2, 0) is 28.6 Å². The van der Waals surface area contributed by atoms with Gasteiger partial charge in [-0.15, -0.1) is 0 Å². The van der Waals surface area contributed by atoms with Gasteiger partial charge in [-0.25, -0.2) is 0 Å². The van der Waals surface area contributed by atoms with E-state index in [0.29, 0.717) is 19.3 Å². The second-order valence-corrected chi connectivity index (χ2v) is 24.5. The molecule has 0 aliphatic carbocycles. The van der Waals surface area contributed by atoms with Crippen LogP contribution in [0.25, 0.3) is 0 Å². The summed E-state index contributed by atoms with van der Waals surface area (Å²) < 4.78 is 16.9. The number of carbonyl (C=O) groups excluding carboxylic acids is 3. The van der Waals surface area contributed by atoms with Gasteiger partial charge >= 0.3 is 17.9 Å². The molecule has 0 saturated carbocycles. The fourth-order valence-electron chi connectivity index (χ4n) is 11.1. The van der Waals surface area contributed by atoms with Crippen molar-refractivity contribution in [3.8, 4) is 0 Å². The number of rotatable bonds is 67. The Balaban J connectivity index is 3.89. The summed E-state index contributed by atoms with van der Waals surface area (Å²) in [6.07, 6.45) is 84.1. The third kappa shape index (κ3) is 66.6. The summed E-state index contributed by atoms with van der Waals surface area (Å²) in [5.41, 5.74) is 0. The van der Waals surface area contributed by atoms with Gasteiger partial charge in [0, 0.05) is 19.3 Å². The molecule has 0 aliphatic rings. The zero-order chi connectivity index (χ0) is 57.1. The number of esters is 3. The zero-order valence-electron chi connectivity index (χ0n) is 53.7. The quantitative estimate of drug-likeness (QED) is 0.0261. The second kappa shape index (κ2) is 68.4. The summed E-state index contributed by atoms with van der Waals surface area (Å²) in [5.74, 6) is -0.843. The lowest BCUT2D eigenvalue weighted by Crippen LogP contribution is -2.30. The Hall–Kier alpha value is -2.11. The molecule has 0 aromatic heterocycles. The molecule has 0 N–H and O–H groups in total. The maximum atomic E-state index is 12.9. The van der Waals surface area contributed by atoms with E-state index in [1.807, 2.05) is 0 Å². The maximum absolute atomic E-state index is 12.9. The molecule has 0 heterocycles. The van der Waals surface area contributed by atoms with Gasteiger partial charge in [-0.2, -0.15) is 0 Å². The number of ether oxygens (including phenoxy) is 3. The number of unbranched alkanes of at least 4 members (excludes halogenated alkanes) is 52. The Morgan fingerprint density at radius 2 is 0.456 bits per heavy atom. The molecule has 0 radical (unpaired) electrons. The van der Waals surface area contributed by atoms with Gasteiger partial charge in [-0.05, 0) is 51.4 Å². The van der Waals surface area contributed by atoms with Gasteiger partial charge in [0.2, 0.25) is 0 Å². The van der Waals surface area contributed by atoms with Gasteiger partial charge in [0.1, 0.15) is 13.2 Å². The minimum atomic E-state index is -0.763. The first kappa shape index (κ1) is 76.9. The summed E-state index contributed by atoms with van der Waals surface area (Å²) in [6.45, 7) is 6.65. The molecule has 0 fully saturated rings. The van der Waals surface area contributed by atoms with E-state index >= 15 is 0 Å². The van der Waals surface area contributed by atoms with Gasteiger partial charge in [0.15, 0.2) is 6.10 Å². The van der Waals surface area contributed by atoms with Crippen molar-refractivity contribution in [2.45, 2.75) is 412 Å². The molecule has 6 nitrogen and oxygen atoms in total. The summed E-state index contributed by atoms with van der Waals surface area (Å²) >= 11 is 0.